The van der Waals surface area contributed by atoms with Crippen molar-refractivity contribution in [3.05, 3.63) is 58.5 Å². The van der Waals surface area contributed by atoms with E-state index in [4.69, 9.17) is 0 Å². The molecule has 3 aromatic rings. The zero-order chi connectivity index (χ0) is 15.7. The van der Waals surface area contributed by atoms with Crippen molar-refractivity contribution in [1.29, 1.82) is 0 Å². The number of nitrogens with zero attached hydrogens (tertiary/aromatic N) is 2. The van der Waals surface area contributed by atoms with Gasteiger partial charge in [-0.15, -0.1) is 17.9 Å². The lowest BCUT2D eigenvalue weighted by molar-refractivity contribution is 0.628. The summed E-state index contributed by atoms with van der Waals surface area (Å²) in [5.41, 5.74) is 1.53. The first-order chi connectivity index (χ1) is 10.6. The molecule has 0 fully saturated rings. The van der Waals surface area contributed by atoms with Crippen LogP contribution in [0.3, 0.4) is 0 Å². The summed E-state index contributed by atoms with van der Waals surface area (Å²) in [7, 11) is 1.71. The fourth-order valence-corrected chi connectivity index (χ4v) is 3.85. The smallest absolute Gasteiger partial charge is 0.263 e. The summed E-state index contributed by atoms with van der Waals surface area (Å²) in [6, 6.07) is 6.14. The van der Waals surface area contributed by atoms with Gasteiger partial charge in [0.1, 0.15) is 10.6 Å². The average Bonchev–Trinajstić information content (AvgIpc) is 2.94. The topological polar surface area (TPSA) is 34.9 Å². The monoisotopic (exact) mass is 332 g/mol. The van der Waals surface area contributed by atoms with Crippen LogP contribution in [0.15, 0.2) is 52.3 Å². The van der Waals surface area contributed by atoms with E-state index in [0.29, 0.717) is 21.1 Å². The number of thioether (sulfide) groups is 1. The molecule has 0 radical (unpaired) electrons. The van der Waals surface area contributed by atoms with Crippen molar-refractivity contribution in [3.8, 4) is 11.1 Å². The molecule has 0 aliphatic rings. The molecule has 0 spiro atoms. The second kappa shape index (κ2) is 6.06. The third-order valence-electron chi connectivity index (χ3n) is 3.26. The number of thiophene rings is 1. The standard InChI is InChI=1S/C16H13FN2OS2/c1-3-8-21-16-18-14-13(15(20)19(16)2)12(9-22-14)10-4-6-11(17)7-5-10/h3-7,9H,1,8H2,2H3. The molecule has 2 heterocycles. The van der Waals surface area contributed by atoms with Crippen LogP contribution in [0, 0.1) is 5.82 Å². The Labute approximate surface area is 135 Å². The number of fused-ring (bicyclic) bond motifs is 1. The predicted octanol–water partition coefficient (Wildman–Crippen LogP) is 4.08. The number of rotatable bonds is 4. The van der Waals surface area contributed by atoms with Crippen molar-refractivity contribution < 1.29 is 4.39 Å². The van der Waals surface area contributed by atoms with Crippen LogP contribution < -0.4 is 5.56 Å². The maximum atomic E-state index is 13.1. The summed E-state index contributed by atoms with van der Waals surface area (Å²) >= 11 is 2.90. The van der Waals surface area contributed by atoms with Crippen molar-refractivity contribution in [1.82, 2.24) is 9.55 Å². The Morgan fingerprint density at radius 3 is 2.82 bits per heavy atom. The van der Waals surface area contributed by atoms with Gasteiger partial charge in [0, 0.05) is 23.7 Å². The Hall–Kier alpha value is -1.92. The van der Waals surface area contributed by atoms with Crippen molar-refractivity contribution >= 4 is 33.3 Å². The summed E-state index contributed by atoms with van der Waals surface area (Å²) in [6.45, 7) is 3.68. The van der Waals surface area contributed by atoms with Crippen LogP contribution in [-0.2, 0) is 7.05 Å². The molecule has 0 aliphatic carbocycles. The third-order valence-corrected chi connectivity index (χ3v) is 5.16. The number of hydrogen-bond acceptors (Lipinski definition) is 4. The van der Waals surface area contributed by atoms with E-state index in [1.165, 1.54) is 35.2 Å². The summed E-state index contributed by atoms with van der Waals surface area (Å²) < 4.78 is 14.6. The highest BCUT2D eigenvalue weighted by Crippen LogP contribution is 2.32. The molecule has 0 saturated heterocycles. The van der Waals surface area contributed by atoms with Crippen LogP contribution in [0.5, 0.6) is 0 Å². The van der Waals surface area contributed by atoms with E-state index in [2.05, 4.69) is 11.6 Å². The lowest BCUT2D eigenvalue weighted by Crippen LogP contribution is -2.19. The highest BCUT2D eigenvalue weighted by atomic mass is 32.2. The number of benzene rings is 1. The molecule has 0 aliphatic heterocycles. The fraction of sp³-hybridized carbons (Fsp3) is 0.125. The molecule has 0 amide bonds. The van der Waals surface area contributed by atoms with E-state index >= 15 is 0 Å². The molecule has 0 bridgehead atoms. The molecule has 0 unspecified atom stereocenters. The molecule has 22 heavy (non-hydrogen) atoms. The van der Waals surface area contributed by atoms with Gasteiger partial charge < -0.3 is 0 Å². The van der Waals surface area contributed by atoms with Crippen LogP contribution >= 0.6 is 23.1 Å². The van der Waals surface area contributed by atoms with Crippen molar-refractivity contribution in [2.24, 2.45) is 7.05 Å². The van der Waals surface area contributed by atoms with Crippen molar-refractivity contribution in [2.75, 3.05) is 5.75 Å². The maximum absolute atomic E-state index is 13.1. The van der Waals surface area contributed by atoms with E-state index in [-0.39, 0.29) is 11.4 Å². The van der Waals surface area contributed by atoms with Gasteiger partial charge in [0.2, 0.25) is 0 Å². The second-order valence-electron chi connectivity index (χ2n) is 4.69. The van der Waals surface area contributed by atoms with Crippen LogP contribution in [-0.4, -0.2) is 15.3 Å². The Kier molecular flexibility index (Phi) is 4.13. The minimum absolute atomic E-state index is 0.0860. The Balaban J connectivity index is 2.19. The summed E-state index contributed by atoms with van der Waals surface area (Å²) in [4.78, 5) is 17.9. The molecule has 1 aromatic carbocycles. The quantitative estimate of drug-likeness (QED) is 0.410. The van der Waals surface area contributed by atoms with Gasteiger partial charge in [0.05, 0.1) is 5.39 Å². The maximum Gasteiger partial charge on any atom is 0.263 e. The van der Waals surface area contributed by atoms with E-state index in [1.54, 1.807) is 29.8 Å². The molecule has 3 rings (SSSR count). The van der Waals surface area contributed by atoms with E-state index in [0.717, 1.165) is 11.1 Å². The average molecular weight is 332 g/mol. The van der Waals surface area contributed by atoms with Crippen LogP contribution in [0.1, 0.15) is 0 Å². The van der Waals surface area contributed by atoms with Crippen LogP contribution in [0.25, 0.3) is 21.3 Å². The first kappa shape index (κ1) is 15.0. The van der Waals surface area contributed by atoms with Crippen molar-refractivity contribution in [3.63, 3.8) is 0 Å². The van der Waals surface area contributed by atoms with Crippen LogP contribution in [0.4, 0.5) is 4.39 Å². The van der Waals surface area contributed by atoms with Gasteiger partial charge in [-0.1, -0.05) is 30.0 Å². The first-order valence-electron chi connectivity index (χ1n) is 6.59. The van der Waals surface area contributed by atoms with Gasteiger partial charge in [-0.2, -0.15) is 0 Å². The minimum atomic E-state index is -0.294. The fourth-order valence-electron chi connectivity index (χ4n) is 2.16. The molecule has 0 saturated carbocycles. The van der Waals surface area contributed by atoms with Gasteiger partial charge in [-0.25, -0.2) is 9.37 Å². The highest BCUT2D eigenvalue weighted by Gasteiger charge is 2.15. The largest absolute Gasteiger partial charge is 0.290 e. The van der Waals surface area contributed by atoms with E-state index < -0.39 is 0 Å². The van der Waals surface area contributed by atoms with Crippen LogP contribution in [0.2, 0.25) is 0 Å². The number of halogens is 1. The summed E-state index contributed by atoms with van der Waals surface area (Å²) in [6.07, 6.45) is 1.78. The number of hydrogen-bond donors (Lipinski definition) is 0. The normalized spacial score (nSPS) is 11.0. The molecule has 3 nitrogen and oxygen atoms in total. The summed E-state index contributed by atoms with van der Waals surface area (Å²) in [5, 5.41) is 3.15. The predicted molar refractivity (Wildman–Crippen MR) is 91.2 cm³/mol. The van der Waals surface area contributed by atoms with Gasteiger partial charge in [-0.3, -0.25) is 9.36 Å². The molecule has 2 aromatic heterocycles. The molecular weight excluding hydrogens is 319 g/mol. The minimum Gasteiger partial charge on any atom is -0.290 e. The zero-order valence-corrected chi connectivity index (χ0v) is 13.5. The van der Waals surface area contributed by atoms with Crippen molar-refractivity contribution in [2.45, 2.75) is 5.16 Å². The molecule has 112 valence electrons. The highest BCUT2D eigenvalue weighted by molar-refractivity contribution is 7.99. The molecular formula is C16H13FN2OS2. The zero-order valence-electron chi connectivity index (χ0n) is 11.9. The Morgan fingerprint density at radius 1 is 1.41 bits per heavy atom. The lowest BCUT2D eigenvalue weighted by Gasteiger charge is -2.06. The van der Waals surface area contributed by atoms with Gasteiger partial charge in [0.25, 0.3) is 5.56 Å². The molecule has 0 N–H and O–H groups in total. The summed E-state index contributed by atoms with van der Waals surface area (Å²) in [5.74, 6) is 0.402. The first-order valence-corrected chi connectivity index (χ1v) is 8.46. The Bertz CT molecular complexity index is 897. The van der Waals surface area contributed by atoms with Gasteiger partial charge >= 0.3 is 0 Å². The second-order valence-corrected chi connectivity index (χ2v) is 6.54. The van der Waals surface area contributed by atoms with Gasteiger partial charge in [-0.05, 0) is 17.7 Å². The van der Waals surface area contributed by atoms with Gasteiger partial charge in [0.15, 0.2) is 5.16 Å². The Morgan fingerprint density at radius 2 is 2.14 bits per heavy atom. The molecule has 0 atom stereocenters. The third kappa shape index (κ3) is 2.60. The SMILES string of the molecule is C=CCSc1nc2scc(-c3ccc(F)cc3)c2c(=O)n1C. The van der Waals surface area contributed by atoms with E-state index in [9.17, 15) is 9.18 Å². The van der Waals surface area contributed by atoms with E-state index in [1.807, 2.05) is 5.38 Å². The lowest BCUT2D eigenvalue weighted by atomic mass is 10.1. The molecule has 6 heteroatoms. The number of aromatic nitrogens is 2.